The number of anilines is 1. The predicted octanol–water partition coefficient (Wildman–Crippen LogP) is 5.33. The van der Waals surface area contributed by atoms with Gasteiger partial charge in [0.2, 0.25) is 10.0 Å². The van der Waals surface area contributed by atoms with E-state index in [-0.39, 0.29) is 11.8 Å². The van der Waals surface area contributed by atoms with Crippen LogP contribution in [-0.2, 0) is 10.0 Å². The van der Waals surface area contributed by atoms with E-state index < -0.39 is 22.1 Å². The van der Waals surface area contributed by atoms with Crippen molar-refractivity contribution in [2.45, 2.75) is 25.0 Å². The molecule has 1 fully saturated rings. The maximum Gasteiger partial charge on any atom is 0.270 e. The van der Waals surface area contributed by atoms with Gasteiger partial charge in [-0.25, -0.2) is 12.8 Å². The Balaban J connectivity index is 1.42. The minimum absolute atomic E-state index is 0.167. The Labute approximate surface area is 253 Å². The molecule has 0 bridgehead atoms. The van der Waals surface area contributed by atoms with Gasteiger partial charge in [0, 0.05) is 52.5 Å². The largest absolute Gasteiger partial charge is 0.496 e. The van der Waals surface area contributed by atoms with Crippen molar-refractivity contribution in [1.29, 1.82) is 0 Å². The standard InChI is InChI=1S/C32H33FN4O6S/c1-34-31(38)29-23-14-21(25(36-44(3,40)41)16-28(23)43-30(29)18-9-11-20(33)12-10-18)19-6-5-13-37(17-19)32(39)26-15-22-24(35-26)7-4-8-27(22)42-2/h4,7-12,14-16,19,31,34-36,38H,5-6,13,17H2,1-3H3/t19-,31-/m1/s1. The second-order valence-electron chi connectivity index (χ2n) is 11.0. The van der Waals surface area contributed by atoms with Crippen LogP contribution in [0.3, 0.4) is 0 Å². The van der Waals surface area contributed by atoms with Gasteiger partial charge in [-0.2, -0.15) is 0 Å². The summed E-state index contributed by atoms with van der Waals surface area (Å²) in [6.07, 6.45) is 1.36. The van der Waals surface area contributed by atoms with Crippen molar-refractivity contribution in [3.63, 3.8) is 0 Å². The molecule has 3 aromatic carbocycles. The molecule has 230 valence electrons. The number of amides is 1. The summed E-state index contributed by atoms with van der Waals surface area (Å²) in [5.41, 5.74) is 3.58. The lowest BCUT2D eigenvalue weighted by atomic mass is 9.88. The number of ether oxygens (including phenoxy) is 1. The molecule has 12 heteroatoms. The fraction of sp³-hybridized carbons (Fsp3) is 0.281. The number of H-pyrrole nitrogens is 1. The van der Waals surface area contributed by atoms with Crippen LogP contribution in [0.15, 0.2) is 65.1 Å². The molecule has 6 rings (SSSR count). The predicted molar refractivity (Wildman–Crippen MR) is 167 cm³/mol. The van der Waals surface area contributed by atoms with E-state index in [0.717, 1.165) is 17.2 Å². The van der Waals surface area contributed by atoms with Crippen LogP contribution in [0.5, 0.6) is 5.75 Å². The Hall–Kier alpha value is -4.39. The van der Waals surface area contributed by atoms with Crippen LogP contribution in [0, 0.1) is 5.82 Å². The van der Waals surface area contributed by atoms with E-state index >= 15 is 0 Å². The minimum Gasteiger partial charge on any atom is -0.496 e. The van der Waals surface area contributed by atoms with Gasteiger partial charge in [-0.1, -0.05) is 6.07 Å². The first kappa shape index (κ1) is 29.7. The number of nitrogens with zero attached hydrogens (tertiary/aromatic N) is 1. The van der Waals surface area contributed by atoms with Crippen molar-refractivity contribution in [3.05, 3.63) is 83.3 Å². The molecule has 1 aliphatic rings. The summed E-state index contributed by atoms with van der Waals surface area (Å²) in [7, 11) is -0.491. The van der Waals surface area contributed by atoms with Crippen molar-refractivity contribution >= 4 is 43.5 Å². The summed E-state index contributed by atoms with van der Waals surface area (Å²) in [4.78, 5) is 18.7. The molecule has 0 unspecified atom stereocenters. The molecule has 2 atom stereocenters. The maximum atomic E-state index is 13.7. The number of carbonyl (C=O) groups excluding carboxylic acids is 1. The Morgan fingerprint density at radius 3 is 2.64 bits per heavy atom. The molecule has 1 aliphatic heterocycles. The summed E-state index contributed by atoms with van der Waals surface area (Å²) in [5.74, 6) is 0.201. The monoisotopic (exact) mass is 620 g/mol. The quantitative estimate of drug-likeness (QED) is 0.172. The molecule has 0 aliphatic carbocycles. The molecule has 5 aromatic rings. The number of carbonyl (C=O) groups is 1. The Morgan fingerprint density at radius 1 is 1.16 bits per heavy atom. The number of aliphatic hydroxyl groups excluding tert-OH is 1. The number of benzene rings is 3. The molecule has 0 radical (unpaired) electrons. The number of furan rings is 1. The molecule has 2 aromatic heterocycles. The zero-order chi connectivity index (χ0) is 31.2. The fourth-order valence-corrected chi connectivity index (χ4v) is 6.62. The highest BCUT2D eigenvalue weighted by Crippen LogP contribution is 2.42. The highest BCUT2D eigenvalue weighted by molar-refractivity contribution is 7.92. The van der Waals surface area contributed by atoms with Crippen LogP contribution in [0.2, 0.25) is 0 Å². The van der Waals surface area contributed by atoms with Crippen molar-refractivity contribution < 1.29 is 31.9 Å². The highest BCUT2D eigenvalue weighted by atomic mass is 32.2. The second kappa shape index (κ2) is 11.6. The minimum atomic E-state index is -3.68. The molecule has 3 heterocycles. The number of halogens is 1. The number of aliphatic hydroxyl groups is 1. The Kier molecular flexibility index (Phi) is 7.82. The fourth-order valence-electron chi connectivity index (χ4n) is 6.04. The zero-order valence-corrected chi connectivity index (χ0v) is 25.3. The third-order valence-corrected chi connectivity index (χ3v) is 8.66. The van der Waals surface area contributed by atoms with E-state index in [9.17, 15) is 22.7 Å². The topological polar surface area (TPSA) is 137 Å². The zero-order valence-electron chi connectivity index (χ0n) is 24.5. The highest BCUT2D eigenvalue weighted by Gasteiger charge is 2.31. The van der Waals surface area contributed by atoms with E-state index in [0.29, 0.717) is 76.5 Å². The van der Waals surface area contributed by atoms with Crippen molar-refractivity contribution in [1.82, 2.24) is 15.2 Å². The number of rotatable bonds is 8. The van der Waals surface area contributed by atoms with Gasteiger partial charge in [0.1, 0.15) is 34.8 Å². The molecule has 1 saturated heterocycles. The summed E-state index contributed by atoms with van der Waals surface area (Å²) in [5, 5.41) is 15.2. The summed E-state index contributed by atoms with van der Waals surface area (Å²) in [6, 6.07) is 16.5. The maximum absolute atomic E-state index is 13.7. The molecular weight excluding hydrogens is 587 g/mol. The van der Waals surface area contributed by atoms with Crippen LogP contribution in [-0.4, -0.2) is 62.8 Å². The van der Waals surface area contributed by atoms with Crippen LogP contribution in [0.1, 0.15) is 46.6 Å². The number of hydrogen-bond donors (Lipinski definition) is 4. The molecule has 0 saturated carbocycles. The summed E-state index contributed by atoms with van der Waals surface area (Å²) in [6.45, 7) is 0.894. The van der Waals surface area contributed by atoms with E-state index in [2.05, 4.69) is 15.0 Å². The van der Waals surface area contributed by atoms with Crippen molar-refractivity contribution in [3.8, 4) is 17.1 Å². The number of fused-ring (bicyclic) bond motifs is 2. The average Bonchev–Trinajstić information content (AvgIpc) is 3.61. The SMILES string of the molecule is CN[C@H](O)c1c(-c2ccc(F)cc2)oc2cc(NS(C)(=O)=O)c([C@@H]3CCCN(C(=O)c4cc5c(OC)cccc5[nH]4)C3)cc12. The lowest BCUT2D eigenvalue weighted by molar-refractivity contribution is 0.0702. The number of aromatic nitrogens is 1. The molecule has 10 nitrogen and oxygen atoms in total. The lowest BCUT2D eigenvalue weighted by Gasteiger charge is -2.33. The van der Waals surface area contributed by atoms with Crippen LogP contribution in [0.4, 0.5) is 10.1 Å². The van der Waals surface area contributed by atoms with Crippen LogP contribution in [0.25, 0.3) is 33.2 Å². The van der Waals surface area contributed by atoms with Crippen LogP contribution < -0.4 is 14.8 Å². The average molecular weight is 621 g/mol. The molecule has 0 spiro atoms. The van der Waals surface area contributed by atoms with Gasteiger partial charge in [-0.15, -0.1) is 0 Å². The van der Waals surface area contributed by atoms with Crippen molar-refractivity contribution in [2.75, 3.05) is 38.2 Å². The van der Waals surface area contributed by atoms with Gasteiger partial charge in [0.15, 0.2) is 0 Å². The lowest BCUT2D eigenvalue weighted by Crippen LogP contribution is -2.39. The molecule has 4 N–H and O–H groups in total. The van der Waals surface area contributed by atoms with Crippen molar-refractivity contribution in [2.24, 2.45) is 0 Å². The first-order chi connectivity index (χ1) is 21.1. The number of methoxy groups -OCH3 is 1. The van der Waals surface area contributed by atoms with Gasteiger partial charge in [-0.05, 0) is 74.0 Å². The number of piperidine rings is 1. The molecule has 44 heavy (non-hydrogen) atoms. The van der Waals surface area contributed by atoms with E-state index in [1.54, 1.807) is 43.3 Å². The number of likely N-dealkylation sites (tertiary alicyclic amines) is 1. The van der Waals surface area contributed by atoms with Gasteiger partial charge >= 0.3 is 0 Å². The van der Waals surface area contributed by atoms with Gasteiger partial charge < -0.3 is 24.1 Å². The number of nitrogens with one attached hydrogen (secondary N) is 3. The van der Waals surface area contributed by atoms with Gasteiger partial charge in [0.25, 0.3) is 5.91 Å². The van der Waals surface area contributed by atoms with Gasteiger partial charge in [-0.3, -0.25) is 14.8 Å². The molecule has 1 amide bonds. The Morgan fingerprint density at radius 2 is 1.93 bits per heavy atom. The third kappa shape index (κ3) is 5.63. The van der Waals surface area contributed by atoms with Crippen LogP contribution >= 0.6 is 0 Å². The normalized spacial score (nSPS) is 16.4. The van der Waals surface area contributed by atoms with E-state index in [1.165, 1.54) is 12.1 Å². The smallest absolute Gasteiger partial charge is 0.270 e. The van der Waals surface area contributed by atoms with E-state index in [1.807, 2.05) is 24.3 Å². The molecular formula is C32H33FN4O6S. The second-order valence-corrected chi connectivity index (χ2v) is 12.8. The number of hydrogen-bond acceptors (Lipinski definition) is 7. The first-order valence-corrected chi connectivity index (χ1v) is 16.1. The van der Waals surface area contributed by atoms with E-state index in [4.69, 9.17) is 9.15 Å². The third-order valence-electron chi connectivity index (χ3n) is 8.07. The summed E-state index contributed by atoms with van der Waals surface area (Å²) < 4.78 is 52.8. The Bertz CT molecular complexity index is 1970. The number of aromatic amines is 1. The number of sulfonamides is 1. The van der Waals surface area contributed by atoms with Gasteiger partial charge in [0.05, 0.1) is 19.1 Å². The first-order valence-electron chi connectivity index (χ1n) is 14.2. The summed E-state index contributed by atoms with van der Waals surface area (Å²) >= 11 is 0.